The first-order valence-electron chi connectivity index (χ1n) is 6.55. The Morgan fingerprint density at radius 2 is 1.86 bits per heavy atom. The molecule has 0 heterocycles. The van der Waals surface area contributed by atoms with Crippen LogP contribution in [-0.4, -0.2) is 23.5 Å². The van der Waals surface area contributed by atoms with Crippen LogP contribution in [0.4, 0.5) is 8.78 Å². The minimum absolute atomic E-state index is 0.0186. The molecular weight excluding hydrogens is 282 g/mol. The quantitative estimate of drug-likeness (QED) is 0.800. The number of rotatable bonds is 8. The van der Waals surface area contributed by atoms with Gasteiger partial charge in [-0.1, -0.05) is 19.1 Å². The topological polar surface area (TPSA) is 63.6 Å². The number of ether oxygens (including phenoxy) is 1. The Bertz CT molecular complexity index is 499. The van der Waals surface area contributed by atoms with Gasteiger partial charge in [0.2, 0.25) is 0 Å². The van der Waals surface area contributed by atoms with Crippen molar-refractivity contribution in [3.05, 3.63) is 29.8 Å². The lowest BCUT2D eigenvalue weighted by Crippen LogP contribution is -2.30. The molecule has 0 fully saturated rings. The molecule has 0 saturated carbocycles. The van der Waals surface area contributed by atoms with E-state index in [9.17, 15) is 18.4 Å². The minimum atomic E-state index is -2.89. The number of carboxylic acid groups (broad SMARTS) is 1. The molecule has 1 aromatic carbocycles. The Morgan fingerprint density at radius 3 is 2.29 bits per heavy atom. The Labute approximate surface area is 121 Å². The highest BCUT2D eigenvalue weighted by molar-refractivity contribution is 5.87. The van der Waals surface area contributed by atoms with Crippen LogP contribution >= 0.6 is 0 Å². The Hall–Kier alpha value is -1.98. The van der Waals surface area contributed by atoms with E-state index in [1.54, 1.807) is 6.92 Å². The number of ketones is 1. The summed E-state index contributed by atoms with van der Waals surface area (Å²) in [6.45, 7) is 0.364. The number of carbonyl (C=O) groups is 2. The maximum atomic E-state index is 12.0. The first-order valence-corrected chi connectivity index (χ1v) is 6.55. The molecular formula is C15H18F2O4. The maximum Gasteiger partial charge on any atom is 0.387 e. The normalized spacial score (nSPS) is 13.8. The predicted molar refractivity (Wildman–Crippen MR) is 72.4 cm³/mol. The number of alkyl halides is 2. The van der Waals surface area contributed by atoms with Crippen molar-refractivity contribution in [2.45, 2.75) is 39.7 Å². The first-order chi connectivity index (χ1) is 9.76. The average Bonchev–Trinajstić information content (AvgIpc) is 2.40. The summed E-state index contributed by atoms with van der Waals surface area (Å²) >= 11 is 0. The van der Waals surface area contributed by atoms with Crippen LogP contribution in [0.25, 0.3) is 0 Å². The van der Waals surface area contributed by atoms with Gasteiger partial charge in [0.25, 0.3) is 0 Å². The number of Topliss-reactive ketones (excluding diaryl/α,β-unsaturated/α-hetero) is 1. The predicted octanol–water partition coefficient (Wildman–Crippen LogP) is 3.29. The molecule has 0 aromatic heterocycles. The van der Waals surface area contributed by atoms with Gasteiger partial charge in [0.05, 0.1) is 5.41 Å². The van der Waals surface area contributed by atoms with Gasteiger partial charge in [0.15, 0.2) is 0 Å². The van der Waals surface area contributed by atoms with Gasteiger partial charge in [-0.15, -0.1) is 0 Å². The van der Waals surface area contributed by atoms with Crippen molar-refractivity contribution < 1.29 is 28.2 Å². The number of benzene rings is 1. The largest absolute Gasteiger partial charge is 0.481 e. The summed E-state index contributed by atoms with van der Waals surface area (Å²) in [5.74, 6) is -1.19. The van der Waals surface area contributed by atoms with Gasteiger partial charge in [-0.05, 0) is 31.0 Å². The van der Waals surface area contributed by atoms with E-state index in [-0.39, 0.29) is 24.4 Å². The number of hydrogen-bond donors (Lipinski definition) is 1. The third kappa shape index (κ3) is 5.13. The molecule has 0 radical (unpaired) electrons. The fourth-order valence-electron chi connectivity index (χ4n) is 1.87. The SMILES string of the molecule is CC[C@](C)(CC(=O)Cc1ccc(OC(F)F)cc1)C(=O)O. The number of hydrogen-bond acceptors (Lipinski definition) is 3. The van der Waals surface area contributed by atoms with E-state index in [1.165, 1.54) is 31.2 Å². The summed E-state index contributed by atoms with van der Waals surface area (Å²) in [6, 6.07) is 5.73. The highest BCUT2D eigenvalue weighted by atomic mass is 19.3. The Kier molecular flexibility index (Phi) is 5.81. The molecule has 0 bridgehead atoms. The van der Waals surface area contributed by atoms with Crippen molar-refractivity contribution in [1.82, 2.24) is 0 Å². The van der Waals surface area contributed by atoms with Crippen LogP contribution in [0.15, 0.2) is 24.3 Å². The molecule has 1 N–H and O–H groups in total. The van der Waals surface area contributed by atoms with E-state index in [0.29, 0.717) is 12.0 Å². The molecule has 116 valence electrons. The summed E-state index contributed by atoms with van der Waals surface area (Å²) < 4.78 is 28.2. The monoisotopic (exact) mass is 300 g/mol. The van der Waals surface area contributed by atoms with Crippen LogP contribution in [0.3, 0.4) is 0 Å². The van der Waals surface area contributed by atoms with Crippen LogP contribution < -0.4 is 4.74 Å². The lowest BCUT2D eigenvalue weighted by Gasteiger charge is -2.21. The second kappa shape index (κ2) is 7.15. The second-order valence-electron chi connectivity index (χ2n) is 5.13. The molecule has 21 heavy (non-hydrogen) atoms. The molecule has 1 atom stereocenters. The maximum absolute atomic E-state index is 12.0. The Balaban J connectivity index is 2.65. The summed E-state index contributed by atoms with van der Waals surface area (Å²) in [4.78, 5) is 23.1. The molecule has 4 nitrogen and oxygen atoms in total. The summed E-state index contributed by atoms with van der Waals surface area (Å²) in [7, 11) is 0. The van der Waals surface area contributed by atoms with Crippen LogP contribution in [0, 0.1) is 5.41 Å². The fraction of sp³-hybridized carbons (Fsp3) is 0.467. The van der Waals surface area contributed by atoms with Crippen molar-refractivity contribution in [3.63, 3.8) is 0 Å². The number of aliphatic carboxylic acids is 1. The van der Waals surface area contributed by atoms with Gasteiger partial charge in [0, 0.05) is 12.8 Å². The first kappa shape index (κ1) is 17.1. The van der Waals surface area contributed by atoms with E-state index in [0.717, 1.165) is 0 Å². The van der Waals surface area contributed by atoms with Crippen molar-refractivity contribution in [3.8, 4) is 5.75 Å². The lowest BCUT2D eigenvalue weighted by atomic mass is 9.81. The molecule has 1 aromatic rings. The molecule has 0 aliphatic carbocycles. The molecule has 0 saturated heterocycles. The fourth-order valence-corrected chi connectivity index (χ4v) is 1.87. The van der Waals surface area contributed by atoms with E-state index in [2.05, 4.69) is 4.74 Å². The van der Waals surface area contributed by atoms with Crippen molar-refractivity contribution in [2.75, 3.05) is 0 Å². The molecule has 0 spiro atoms. The zero-order valence-corrected chi connectivity index (χ0v) is 11.9. The zero-order valence-electron chi connectivity index (χ0n) is 11.9. The van der Waals surface area contributed by atoms with Gasteiger partial charge in [-0.25, -0.2) is 0 Å². The summed E-state index contributed by atoms with van der Waals surface area (Å²) in [6.07, 6.45) is 0.362. The zero-order chi connectivity index (χ0) is 16.0. The number of carboxylic acids is 1. The van der Waals surface area contributed by atoms with Crippen LogP contribution in [0.1, 0.15) is 32.3 Å². The van der Waals surface area contributed by atoms with Crippen molar-refractivity contribution in [1.29, 1.82) is 0 Å². The van der Waals surface area contributed by atoms with E-state index >= 15 is 0 Å². The van der Waals surface area contributed by atoms with Gasteiger partial charge < -0.3 is 9.84 Å². The van der Waals surface area contributed by atoms with Gasteiger partial charge in [-0.2, -0.15) is 8.78 Å². The van der Waals surface area contributed by atoms with Gasteiger partial charge >= 0.3 is 12.6 Å². The summed E-state index contributed by atoms with van der Waals surface area (Å²) in [5, 5.41) is 9.13. The number of carbonyl (C=O) groups excluding carboxylic acids is 1. The second-order valence-corrected chi connectivity index (χ2v) is 5.13. The van der Waals surface area contributed by atoms with Crippen LogP contribution in [0.2, 0.25) is 0 Å². The third-order valence-electron chi connectivity index (χ3n) is 3.43. The minimum Gasteiger partial charge on any atom is -0.481 e. The molecule has 0 aliphatic heterocycles. The molecule has 6 heteroatoms. The van der Waals surface area contributed by atoms with E-state index in [1.807, 2.05) is 0 Å². The molecule has 0 unspecified atom stereocenters. The van der Waals surface area contributed by atoms with E-state index in [4.69, 9.17) is 5.11 Å². The highest BCUT2D eigenvalue weighted by Crippen LogP contribution is 2.27. The van der Waals surface area contributed by atoms with Gasteiger partial charge in [0.1, 0.15) is 11.5 Å². The Morgan fingerprint density at radius 1 is 1.29 bits per heavy atom. The molecule has 0 aliphatic rings. The number of halogens is 2. The summed E-state index contributed by atoms with van der Waals surface area (Å²) in [5.41, 5.74) is -0.444. The molecule has 0 amide bonds. The standard InChI is InChI=1S/C15H18F2O4/c1-3-15(2,13(19)20)9-11(18)8-10-4-6-12(7-5-10)21-14(16)17/h4-7,14H,3,8-9H2,1-2H3,(H,19,20)/t15-/m1/s1. The highest BCUT2D eigenvalue weighted by Gasteiger charge is 2.33. The van der Waals surface area contributed by atoms with Crippen LogP contribution in [0.5, 0.6) is 5.75 Å². The van der Waals surface area contributed by atoms with Crippen molar-refractivity contribution in [2.24, 2.45) is 5.41 Å². The lowest BCUT2D eigenvalue weighted by molar-refractivity contribution is -0.150. The third-order valence-corrected chi connectivity index (χ3v) is 3.43. The van der Waals surface area contributed by atoms with Crippen LogP contribution in [-0.2, 0) is 16.0 Å². The van der Waals surface area contributed by atoms with Crippen molar-refractivity contribution >= 4 is 11.8 Å². The smallest absolute Gasteiger partial charge is 0.387 e. The van der Waals surface area contributed by atoms with Gasteiger partial charge in [-0.3, -0.25) is 9.59 Å². The molecule has 1 rings (SSSR count). The van der Waals surface area contributed by atoms with E-state index < -0.39 is 18.0 Å². The average molecular weight is 300 g/mol.